The molecule has 1 fully saturated rings. The molecule has 0 heterocycles. The van der Waals surface area contributed by atoms with E-state index in [9.17, 15) is 9.90 Å². The monoisotopic (exact) mass is 372 g/mol. The second-order valence-corrected chi connectivity index (χ2v) is 8.50. The molecule has 3 N–H and O–H groups in total. The van der Waals surface area contributed by atoms with Gasteiger partial charge in [-0.1, -0.05) is 31.2 Å². The molecular formula is C23H36N2O2. The molecule has 3 unspecified atom stereocenters. The summed E-state index contributed by atoms with van der Waals surface area (Å²) in [5, 5.41) is 16.7. The Kier molecular flexibility index (Phi) is 8.17. The van der Waals surface area contributed by atoms with Crippen LogP contribution in [0.5, 0.6) is 0 Å². The summed E-state index contributed by atoms with van der Waals surface area (Å²) in [5.74, 6) is 0.356. The number of hydrogen-bond donors (Lipinski definition) is 3. The van der Waals surface area contributed by atoms with Gasteiger partial charge in [0.25, 0.3) is 0 Å². The van der Waals surface area contributed by atoms with Gasteiger partial charge in [-0.15, -0.1) is 0 Å². The van der Waals surface area contributed by atoms with Crippen LogP contribution in [-0.4, -0.2) is 35.7 Å². The maximum absolute atomic E-state index is 12.6. The molecule has 1 amide bonds. The molecule has 0 spiro atoms. The van der Waals surface area contributed by atoms with E-state index >= 15 is 0 Å². The third kappa shape index (κ3) is 6.54. The zero-order chi connectivity index (χ0) is 19.9. The van der Waals surface area contributed by atoms with E-state index in [1.165, 1.54) is 0 Å². The maximum atomic E-state index is 12.6. The Morgan fingerprint density at radius 2 is 1.96 bits per heavy atom. The number of hydrogen-bond acceptors (Lipinski definition) is 3. The van der Waals surface area contributed by atoms with Crippen molar-refractivity contribution < 1.29 is 9.90 Å². The summed E-state index contributed by atoms with van der Waals surface area (Å²) < 4.78 is 0. The molecule has 150 valence electrons. The highest BCUT2D eigenvalue weighted by molar-refractivity contribution is 5.78. The summed E-state index contributed by atoms with van der Waals surface area (Å²) in [6.45, 7) is 5.66. The predicted octanol–water partition coefficient (Wildman–Crippen LogP) is 3.77. The minimum Gasteiger partial charge on any atom is -0.385 e. The minimum absolute atomic E-state index is 0.123. The molecule has 2 rings (SSSR count). The van der Waals surface area contributed by atoms with Gasteiger partial charge in [-0.05, 0) is 71.6 Å². The molecule has 0 aromatic rings. The van der Waals surface area contributed by atoms with E-state index < -0.39 is 5.60 Å². The molecule has 1 saturated carbocycles. The smallest absolute Gasteiger partial charge is 0.223 e. The molecule has 3 atom stereocenters. The van der Waals surface area contributed by atoms with Crippen LogP contribution < -0.4 is 10.6 Å². The van der Waals surface area contributed by atoms with Crippen molar-refractivity contribution in [1.82, 2.24) is 10.6 Å². The van der Waals surface area contributed by atoms with Gasteiger partial charge in [-0.2, -0.15) is 0 Å². The third-order valence-corrected chi connectivity index (χ3v) is 5.84. The minimum atomic E-state index is -0.885. The lowest BCUT2D eigenvalue weighted by Gasteiger charge is -2.20. The molecule has 0 aliphatic heterocycles. The van der Waals surface area contributed by atoms with Gasteiger partial charge in [0.15, 0.2) is 0 Å². The van der Waals surface area contributed by atoms with Crippen molar-refractivity contribution >= 4 is 5.91 Å². The lowest BCUT2D eigenvalue weighted by molar-refractivity contribution is -0.126. The molecule has 0 aromatic carbocycles. The van der Waals surface area contributed by atoms with Crippen LogP contribution in [0.2, 0.25) is 0 Å². The van der Waals surface area contributed by atoms with Crippen molar-refractivity contribution in [2.45, 2.75) is 96.2 Å². The number of unbranched alkanes of at least 4 members (excludes halogenated alkanes) is 2. The van der Waals surface area contributed by atoms with Crippen LogP contribution in [0, 0.1) is 5.92 Å². The van der Waals surface area contributed by atoms with E-state index in [1.807, 2.05) is 7.05 Å². The standard InChI is InChI=1S/C23H36N2O2/c1-5-17(22(26)25-20-15-14-19(16-20)24-4)10-7-6-8-11-18-12-9-13-21(18)23(2,3)27/h17,19-20,24,27H,5-8,10-11,14-16H2,1-4H3,(H,25,26). The van der Waals surface area contributed by atoms with Crippen molar-refractivity contribution in [3.05, 3.63) is 28.3 Å². The highest BCUT2D eigenvalue weighted by Gasteiger charge is 2.27. The lowest BCUT2D eigenvalue weighted by atomic mass is 9.90. The average Bonchev–Trinajstić information content (AvgIpc) is 3.26. The normalized spacial score (nSPS) is 22.7. The number of amides is 1. The summed E-state index contributed by atoms with van der Waals surface area (Å²) in [7, 11) is 2.00. The van der Waals surface area contributed by atoms with E-state index in [2.05, 4.69) is 34.8 Å². The molecule has 0 radical (unpaired) electrons. The van der Waals surface area contributed by atoms with Gasteiger partial charge in [0.1, 0.15) is 0 Å². The highest BCUT2D eigenvalue weighted by atomic mass is 16.3. The van der Waals surface area contributed by atoms with Crippen LogP contribution in [-0.2, 0) is 4.79 Å². The quantitative estimate of drug-likeness (QED) is 0.382. The van der Waals surface area contributed by atoms with Crippen molar-refractivity contribution in [2.24, 2.45) is 5.92 Å². The van der Waals surface area contributed by atoms with Crippen LogP contribution in [0.3, 0.4) is 0 Å². The number of carbonyl (C=O) groups is 1. The van der Waals surface area contributed by atoms with Gasteiger partial charge < -0.3 is 15.7 Å². The number of rotatable bonds is 11. The summed E-state index contributed by atoms with van der Waals surface area (Å²) in [6.07, 6.45) is 9.20. The summed E-state index contributed by atoms with van der Waals surface area (Å²) in [5.41, 5.74) is 9.87. The van der Waals surface area contributed by atoms with Crippen molar-refractivity contribution in [3.8, 4) is 0 Å². The molecule has 0 bridgehead atoms. The van der Waals surface area contributed by atoms with E-state index in [0.717, 1.165) is 68.9 Å². The van der Waals surface area contributed by atoms with E-state index in [0.29, 0.717) is 12.1 Å². The topological polar surface area (TPSA) is 61.4 Å². The predicted molar refractivity (Wildman–Crippen MR) is 109 cm³/mol. The Balaban J connectivity index is 1.66. The molecule has 4 heteroatoms. The SMILES string of the molecule is CCC(CCCCCC1=C=C=C=C1C(C)(C)O)C(=O)NC1CCC(NC)C1. The summed E-state index contributed by atoms with van der Waals surface area (Å²) >= 11 is 0. The number of carbonyl (C=O) groups excluding carboxylic acids is 1. The lowest BCUT2D eigenvalue weighted by Crippen LogP contribution is -2.38. The number of aliphatic hydroxyl groups is 1. The van der Waals surface area contributed by atoms with Crippen molar-refractivity contribution in [3.63, 3.8) is 0 Å². The van der Waals surface area contributed by atoms with Gasteiger partial charge in [0.2, 0.25) is 5.91 Å². The molecule has 0 saturated heterocycles. The zero-order valence-corrected chi connectivity index (χ0v) is 17.5. The molecule has 4 nitrogen and oxygen atoms in total. The van der Waals surface area contributed by atoms with Crippen LogP contribution in [0.4, 0.5) is 0 Å². The Morgan fingerprint density at radius 3 is 2.59 bits per heavy atom. The Labute approximate surface area is 164 Å². The summed E-state index contributed by atoms with van der Waals surface area (Å²) in [6, 6.07) is 0.885. The van der Waals surface area contributed by atoms with Gasteiger partial charge in [-0.25, -0.2) is 0 Å². The first-order valence-electron chi connectivity index (χ1n) is 10.6. The van der Waals surface area contributed by atoms with Crippen molar-refractivity contribution in [1.29, 1.82) is 0 Å². The fourth-order valence-electron chi connectivity index (χ4n) is 4.10. The second-order valence-electron chi connectivity index (χ2n) is 8.50. The first kappa shape index (κ1) is 21.8. The van der Waals surface area contributed by atoms with Crippen LogP contribution in [0.1, 0.15) is 78.6 Å². The molecule has 2 aliphatic rings. The van der Waals surface area contributed by atoms with E-state index in [1.54, 1.807) is 13.8 Å². The highest BCUT2D eigenvalue weighted by Crippen LogP contribution is 2.28. The van der Waals surface area contributed by atoms with Crippen molar-refractivity contribution in [2.75, 3.05) is 7.05 Å². The van der Waals surface area contributed by atoms with Crippen LogP contribution in [0.15, 0.2) is 28.3 Å². The maximum Gasteiger partial charge on any atom is 0.223 e. The Morgan fingerprint density at radius 1 is 1.22 bits per heavy atom. The van der Waals surface area contributed by atoms with Crippen LogP contribution in [0.25, 0.3) is 0 Å². The van der Waals surface area contributed by atoms with Gasteiger partial charge in [0.05, 0.1) is 5.60 Å². The van der Waals surface area contributed by atoms with Gasteiger partial charge in [0, 0.05) is 29.1 Å². The van der Waals surface area contributed by atoms with E-state index in [-0.39, 0.29) is 11.8 Å². The average molecular weight is 373 g/mol. The molecular weight excluding hydrogens is 336 g/mol. The first-order chi connectivity index (χ1) is 12.8. The third-order valence-electron chi connectivity index (χ3n) is 5.84. The Bertz CT molecular complexity index is 654. The summed E-state index contributed by atoms with van der Waals surface area (Å²) in [4.78, 5) is 12.6. The largest absolute Gasteiger partial charge is 0.385 e. The number of nitrogens with one attached hydrogen (secondary N) is 2. The molecule has 2 aliphatic carbocycles. The fourth-order valence-corrected chi connectivity index (χ4v) is 4.10. The van der Waals surface area contributed by atoms with Gasteiger partial charge in [-0.3, -0.25) is 4.79 Å². The molecule has 27 heavy (non-hydrogen) atoms. The van der Waals surface area contributed by atoms with Gasteiger partial charge >= 0.3 is 0 Å². The van der Waals surface area contributed by atoms with E-state index in [4.69, 9.17) is 0 Å². The second kappa shape index (κ2) is 10.1. The van der Waals surface area contributed by atoms with Crippen LogP contribution >= 0.6 is 0 Å². The Hall–Kier alpha value is -1.53. The fraction of sp³-hybridized carbons (Fsp3) is 0.739. The first-order valence-corrected chi connectivity index (χ1v) is 10.6. The zero-order valence-electron chi connectivity index (χ0n) is 17.5. The molecule has 0 aromatic heterocycles.